The number of H-pyrrole nitrogens is 1. The molecule has 0 radical (unpaired) electrons. The second-order valence-electron chi connectivity index (χ2n) is 5.51. The van der Waals surface area contributed by atoms with Crippen molar-refractivity contribution < 1.29 is 4.39 Å². The second kappa shape index (κ2) is 6.16. The minimum Gasteiger partial charge on any atom is -0.340 e. The molecule has 0 bridgehead atoms. The average Bonchev–Trinajstić information content (AvgIpc) is 3.07. The Balaban J connectivity index is 1.58. The van der Waals surface area contributed by atoms with Crippen LogP contribution in [0, 0.1) is 12.7 Å². The number of hydrogen-bond acceptors (Lipinski definition) is 6. The highest BCUT2D eigenvalue weighted by Crippen LogP contribution is 2.22. The molecule has 7 nitrogen and oxygen atoms in total. The molecule has 4 rings (SSSR count). The molecule has 0 saturated carbocycles. The molecule has 0 amide bonds. The monoisotopic (exact) mass is 335 g/mol. The molecule has 0 atom stereocenters. The lowest BCUT2D eigenvalue weighted by molar-refractivity contribution is 0.628. The highest BCUT2D eigenvalue weighted by molar-refractivity contribution is 5.79. The third-order valence-electron chi connectivity index (χ3n) is 3.65. The standard InChI is InChI=1S/C17H14FN7/c1-10-9-19-17(21-13-6-7-14-15(8-13)24-25-23-14)22-16(10)20-12-4-2-11(18)3-5-12/h2-9H,1H3,(H,23,24,25)(H2,19,20,21,22). The van der Waals surface area contributed by atoms with Crippen LogP contribution < -0.4 is 10.6 Å². The normalized spacial score (nSPS) is 10.8. The SMILES string of the molecule is Cc1cnc(Nc2ccc3n[nH]nc3c2)nc1Nc1ccc(F)cc1. The molecule has 4 aromatic rings. The Bertz CT molecular complexity index is 1030. The van der Waals surface area contributed by atoms with Gasteiger partial charge in [0.05, 0.1) is 0 Å². The zero-order valence-electron chi connectivity index (χ0n) is 13.3. The number of nitrogens with zero attached hydrogens (tertiary/aromatic N) is 4. The maximum absolute atomic E-state index is 13.0. The number of anilines is 4. The Kier molecular flexibility index (Phi) is 3.70. The van der Waals surface area contributed by atoms with Crippen molar-refractivity contribution in [3.05, 3.63) is 60.0 Å². The van der Waals surface area contributed by atoms with Crippen molar-refractivity contribution >= 4 is 34.2 Å². The lowest BCUT2D eigenvalue weighted by Gasteiger charge is -2.11. The number of aromatic amines is 1. The molecule has 0 aliphatic rings. The van der Waals surface area contributed by atoms with E-state index in [1.165, 1.54) is 12.1 Å². The summed E-state index contributed by atoms with van der Waals surface area (Å²) in [6.45, 7) is 1.90. The van der Waals surface area contributed by atoms with Gasteiger partial charge in [0.25, 0.3) is 0 Å². The van der Waals surface area contributed by atoms with Gasteiger partial charge in [0.15, 0.2) is 0 Å². The highest BCUT2D eigenvalue weighted by Gasteiger charge is 2.06. The van der Waals surface area contributed by atoms with Gasteiger partial charge in [-0.1, -0.05) is 0 Å². The van der Waals surface area contributed by atoms with Gasteiger partial charge in [0.1, 0.15) is 22.7 Å². The molecule has 2 aromatic heterocycles. The first kappa shape index (κ1) is 15.0. The van der Waals surface area contributed by atoms with Crippen molar-refractivity contribution in [2.45, 2.75) is 6.92 Å². The van der Waals surface area contributed by atoms with Crippen LogP contribution >= 0.6 is 0 Å². The third-order valence-corrected chi connectivity index (χ3v) is 3.65. The molecule has 25 heavy (non-hydrogen) atoms. The maximum Gasteiger partial charge on any atom is 0.229 e. The predicted octanol–water partition coefficient (Wildman–Crippen LogP) is 3.68. The van der Waals surface area contributed by atoms with Crippen LogP contribution in [0.1, 0.15) is 5.56 Å². The van der Waals surface area contributed by atoms with Crippen LogP contribution in [-0.2, 0) is 0 Å². The van der Waals surface area contributed by atoms with Crippen molar-refractivity contribution in [3.63, 3.8) is 0 Å². The molecule has 2 heterocycles. The fraction of sp³-hybridized carbons (Fsp3) is 0.0588. The van der Waals surface area contributed by atoms with E-state index in [-0.39, 0.29) is 5.82 Å². The summed E-state index contributed by atoms with van der Waals surface area (Å²) in [4.78, 5) is 8.77. The zero-order chi connectivity index (χ0) is 17.2. The smallest absolute Gasteiger partial charge is 0.229 e. The van der Waals surface area contributed by atoms with E-state index in [4.69, 9.17) is 0 Å². The summed E-state index contributed by atoms with van der Waals surface area (Å²) >= 11 is 0. The molecule has 0 saturated heterocycles. The molecule has 0 unspecified atom stereocenters. The first-order valence-electron chi connectivity index (χ1n) is 7.61. The maximum atomic E-state index is 13.0. The molecule has 0 fully saturated rings. The average molecular weight is 335 g/mol. The number of nitrogens with one attached hydrogen (secondary N) is 3. The van der Waals surface area contributed by atoms with E-state index in [0.717, 1.165) is 28.0 Å². The van der Waals surface area contributed by atoms with Crippen LogP contribution in [0.2, 0.25) is 0 Å². The van der Waals surface area contributed by atoms with Gasteiger partial charge >= 0.3 is 0 Å². The molecular weight excluding hydrogens is 321 g/mol. The van der Waals surface area contributed by atoms with Crippen LogP contribution in [0.3, 0.4) is 0 Å². The Labute approximate surface area is 142 Å². The van der Waals surface area contributed by atoms with Gasteiger partial charge < -0.3 is 10.6 Å². The van der Waals surface area contributed by atoms with Gasteiger partial charge in [0.2, 0.25) is 5.95 Å². The van der Waals surface area contributed by atoms with Crippen molar-refractivity contribution in [1.29, 1.82) is 0 Å². The van der Waals surface area contributed by atoms with Gasteiger partial charge in [-0.15, -0.1) is 0 Å². The number of fused-ring (bicyclic) bond motifs is 1. The van der Waals surface area contributed by atoms with E-state index < -0.39 is 0 Å². The molecule has 0 aliphatic heterocycles. The summed E-state index contributed by atoms with van der Waals surface area (Å²) in [6.07, 6.45) is 1.72. The quantitative estimate of drug-likeness (QED) is 0.527. The summed E-state index contributed by atoms with van der Waals surface area (Å²) < 4.78 is 13.0. The van der Waals surface area contributed by atoms with Gasteiger partial charge in [-0.25, -0.2) is 9.37 Å². The lowest BCUT2D eigenvalue weighted by atomic mass is 10.2. The number of hydrogen-bond donors (Lipinski definition) is 3. The van der Waals surface area contributed by atoms with Crippen LogP contribution in [0.5, 0.6) is 0 Å². The summed E-state index contributed by atoms with van der Waals surface area (Å²) in [5.74, 6) is 0.806. The number of aromatic nitrogens is 5. The third kappa shape index (κ3) is 3.23. The summed E-state index contributed by atoms with van der Waals surface area (Å²) in [5.41, 5.74) is 3.97. The van der Waals surface area contributed by atoms with Crippen LogP contribution in [-0.4, -0.2) is 25.4 Å². The van der Waals surface area contributed by atoms with Crippen molar-refractivity contribution in [1.82, 2.24) is 25.4 Å². The Hall–Kier alpha value is -3.55. The Morgan fingerprint density at radius 1 is 0.920 bits per heavy atom. The summed E-state index contributed by atoms with van der Waals surface area (Å²) in [7, 11) is 0. The molecule has 124 valence electrons. The Morgan fingerprint density at radius 2 is 1.68 bits per heavy atom. The van der Waals surface area contributed by atoms with Crippen molar-refractivity contribution in [3.8, 4) is 0 Å². The van der Waals surface area contributed by atoms with E-state index in [1.54, 1.807) is 18.3 Å². The molecule has 3 N–H and O–H groups in total. The largest absolute Gasteiger partial charge is 0.340 e. The predicted molar refractivity (Wildman–Crippen MR) is 93.6 cm³/mol. The van der Waals surface area contributed by atoms with E-state index in [0.29, 0.717) is 11.8 Å². The molecular formula is C17H14FN7. The van der Waals surface area contributed by atoms with Gasteiger partial charge in [-0.3, -0.25) is 0 Å². The van der Waals surface area contributed by atoms with E-state index in [2.05, 4.69) is 36.0 Å². The fourth-order valence-electron chi connectivity index (χ4n) is 2.35. The number of halogens is 1. The lowest BCUT2D eigenvalue weighted by Crippen LogP contribution is -2.02. The highest BCUT2D eigenvalue weighted by atomic mass is 19.1. The van der Waals surface area contributed by atoms with Gasteiger partial charge in [0, 0.05) is 23.1 Å². The first-order chi connectivity index (χ1) is 12.2. The minimum absolute atomic E-state index is 0.282. The van der Waals surface area contributed by atoms with Gasteiger partial charge in [-0.05, 0) is 49.4 Å². The van der Waals surface area contributed by atoms with E-state index in [1.807, 2.05) is 25.1 Å². The summed E-state index contributed by atoms with van der Waals surface area (Å²) in [5, 5.41) is 17.0. The van der Waals surface area contributed by atoms with E-state index >= 15 is 0 Å². The van der Waals surface area contributed by atoms with Crippen molar-refractivity contribution in [2.75, 3.05) is 10.6 Å². The molecule has 0 aliphatic carbocycles. The van der Waals surface area contributed by atoms with E-state index in [9.17, 15) is 4.39 Å². The topological polar surface area (TPSA) is 91.4 Å². The number of aryl methyl sites for hydroxylation is 1. The first-order valence-corrected chi connectivity index (χ1v) is 7.61. The van der Waals surface area contributed by atoms with Crippen molar-refractivity contribution in [2.24, 2.45) is 0 Å². The Morgan fingerprint density at radius 3 is 2.52 bits per heavy atom. The number of rotatable bonds is 4. The molecule has 8 heteroatoms. The summed E-state index contributed by atoms with van der Waals surface area (Å²) in [6, 6.07) is 11.7. The fourth-order valence-corrected chi connectivity index (χ4v) is 2.35. The van der Waals surface area contributed by atoms with Gasteiger partial charge in [-0.2, -0.15) is 20.4 Å². The van der Waals surface area contributed by atoms with Crippen LogP contribution in [0.4, 0.5) is 27.5 Å². The molecule has 2 aromatic carbocycles. The molecule has 0 spiro atoms. The van der Waals surface area contributed by atoms with Crippen LogP contribution in [0.15, 0.2) is 48.7 Å². The zero-order valence-corrected chi connectivity index (χ0v) is 13.3. The number of benzene rings is 2. The second-order valence-corrected chi connectivity index (χ2v) is 5.51. The van der Waals surface area contributed by atoms with Crippen LogP contribution in [0.25, 0.3) is 11.0 Å². The minimum atomic E-state index is -0.282.